The third-order valence-electron chi connectivity index (χ3n) is 8.65. The van der Waals surface area contributed by atoms with Gasteiger partial charge in [0.2, 0.25) is 11.8 Å². The molecule has 3 aliphatic rings. The van der Waals surface area contributed by atoms with Crippen molar-refractivity contribution in [2.45, 2.75) is 76.7 Å². The van der Waals surface area contributed by atoms with Gasteiger partial charge in [-0.15, -0.1) is 0 Å². The number of hydrogen-bond donors (Lipinski definition) is 2. The van der Waals surface area contributed by atoms with Crippen LogP contribution in [0.25, 0.3) is 0 Å². The summed E-state index contributed by atoms with van der Waals surface area (Å²) in [6.45, 7) is 6.70. The van der Waals surface area contributed by atoms with E-state index in [0.717, 1.165) is 68.4 Å². The lowest BCUT2D eigenvalue weighted by Crippen LogP contribution is -2.46. The molecule has 9 nitrogen and oxygen atoms in total. The number of carbonyl (C=O) groups is 3. The van der Waals surface area contributed by atoms with Gasteiger partial charge in [-0.3, -0.25) is 19.3 Å². The number of carboxylic acids is 1. The zero-order valence-electron chi connectivity index (χ0n) is 23.5. The number of amides is 2. The van der Waals surface area contributed by atoms with Crippen LogP contribution < -0.4 is 10.5 Å². The Morgan fingerprint density at radius 2 is 1.97 bits per heavy atom. The molecule has 0 saturated carbocycles. The third kappa shape index (κ3) is 7.31. The van der Waals surface area contributed by atoms with E-state index >= 15 is 0 Å². The van der Waals surface area contributed by atoms with E-state index in [1.165, 1.54) is 0 Å². The molecule has 0 bridgehead atoms. The lowest BCUT2D eigenvalue weighted by molar-refractivity contribution is -0.144. The fraction of sp³-hybridized carbons (Fsp3) is 0.700. The van der Waals surface area contributed by atoms with Crippen LogP contribution in [0.2, 0.25) is 0 Å². The maximum absolute atomic E-state index is 13.6. The maximum Gasteiger partial charge on any atom is 0.308 e. The Morgan fingerprint density at radius 1 is 1.15 bits per heavy atom. The zero-order chi connectivity index (χ0) is 27.8. The number of rotatable bonds is 14. The molecule has 0 spiro atoms. The number of benzene rings is 1. The summed E-state index contributed by atoms with van der Waals surface area (Å²) in [6.07, 6.45) is 7.50. The van der Waals surface area contributed by atoms with Gasteiger partial charge >= 0.3 is 5.97 Å². The number of unbranched alkanes of at least 4 members (excludes halogenated alkanes) is 2. The molecule has 0 radical (unpaired) electrons. The summed E-state index contributed by atoms with van der Waals surface area (Å²) in [5.41, 5.74) is 7.80. The number of ether oxygens (including phenoxy) is 1. The first-order valence-corrected chi connectivity index (χ1v) is 14.9. The van der Waals surface area contributed by atoms with Crippen molar-refractivity contribution in [3.63, 3.8) is 0 Å². The Morgan fingerprint density at radius 3 is 2.72 bits per heavy atom. The molecular weight excluding hydrogens is 496 g/mol. The molecule has 2 amide bonds. The SMILES string of the molecule is CCCCN(CCCCN)C(=O)CN1CC(c2ccc3c(c2)CCO3)C(C(=O)O)C1CCN1CCCCC1=O. The van der Waals surface area contributed by atoms with Crippen molar-refractivity contribution >= 4 is 17.8 Å². The Kier molecular flexibility index (Phi) is 10.6. The van der Waals surface area contributed by atoms with Crippen molar-refractivity contribution in [1.82, 2.24) is 14.7 Å². The topological polar surface area (TPSA) is 116 Å². The van der Waals surface area contributed by atoms with E-state index in [4.69, 9.17) is 10.5 Å². The third-order valence-corrected chi connectivity index (χ3v) is 8.65. The van der Waals surface area contributed by atoms with Crippen LogP contribution in [-0.2, 0) is 20.8 Å². The fourth-order valence-corrected chi connectivity index (χ4v) is 6.44. The molecule has 3 atom stereocenters. The lowest BCUT2D eigenvalue weighted by Gasteiger charge is -2.32. The molecule has 216 valence electrons. The molecule has 2 saturated heterocycles. The molecule has 1 aromatic rings. The van der Waals surface area contributed by atoms with Gasteiger partial charge in [-0.05, 0) is 62.3 Å². The Labute approximate surface area is 232 Å². The number of carboxylic acid groups (broad SMARTS) is 1. The van der Waals surface area contributed by atoms with Crippen molar-refractivity contribution in [3.05, 3.63) is 29.3 Å². The predicted molar refractivity (Wildman–Crippen MR) is 150 cm³/mol. The second-order valence-corrected chi connectivity index (χ2v) is 11.3. The minimum Gasteiger partial charge on any atom is -0.493 e. The average Bonchev–Trinajstić information content (AvgIpc) is 3.54. The van der Waals surface area contributed by atoms with Crippen LogP contribution in [0.5, 0.6) is 5.75 Å². The highest BCUT2D eigenvalue weighted by Crippen LogP contribution is 2.41. The van der Waals surface area contributed by atoms with Gasteiger partial charge in [-0.25, -0.2) is 0 Å². The Hall–Kier alpha value is -2.65. The molecular formula is C30H46N4O5. The first kappa shape index (κ1) is 29.3. The minimum absolute atomic E-state index is 0.0478. The molecule has 39 heavy (non-hydrogen) atoms. The van der Waals surface area contributed by atoms with Crippen LogP contribution in [0, 0.1) is 5.92 Å². The van der Waals surface area contributed by atoms with Crippen LogP contribution in [0.3, 0.4) is 0 Å². The predicted octanol–water partition coefficient (Wildman–Crippen LogP) is 2.86. The molecule has 3 unspecified atom stereocenters. The van der Waals surface area contributed by atoms with E-state index < -0.39 is 11.9 Å². The molecule has 3 N–H and O–H groups in total. The molecule has 3 heterocycles. The quantitative estimate of drug-likeness (QED) is 0.347. The van der Waals surface area contributed by atoms with Crippen LogP contribution in [0.1, 0.15) is 75.3 Å². The van der Waals surface area contributed by atoms with E-state index in [1.807, 2.05) is 21.9 Å². The molecule has 3 aliphatic heterocycles. The number of carbonyl (C=O) groups excluding carboxylic acids is 2. The van der Waals surface area contributed by atoms with E-state index in [1.54, 1.807) is 0 Å². The van der Waals surface area contributed by atoms with Gasteiger partial charge < -0.3 is 25.4 Å². The Balaban J connectivity index is 1.56. The molecule has 0 aromatic heterocycles. The highest BCUT2D eigenvalue weighted by molar-refractivity contribution is 5.79. The molecule has 2 fully saturated rings. The van der Waals surface area contributed by atoms with Crippen LogP contribution in [0.4, 0.5) is 0 Å². The van der Waals surface area contributed by atoms with Gasteiger partial charge in [0, 0.05) is 57.5 Å². The smallest absolute Gasteiger partial charge is 0.308 e. The van der Waals surface area contributed by atoms with Crippen LogP contribution >= 0.6 is 0 Å². The number of nitrogens with zero attached hydrogens (tertiary/aromatic N) is 3. The fourth-order valence-electron chi connectivity index (χ4n) is 6.44. The number of aliphatic carboxylic acids is 1. The first-order valence-electron chi connectivity index (χ1n) is 14.9. The highest BCUT2D eigenvalue weighted by Gasteiger charge is 2.47. The van der Waals surface area contributed by atoms with Gasteiger partial charge in [0.15, 0.2) is 0 Å². The maximum atomic E-state index is 13.6. The number of piperidine rings is 1. The first-order chi connectivity index (χ1) is 18.9. The highest BCUT2D eigenvalue weighted by atomic mass is 16.5. The van der Waals surface area contributed by atoms with Gasteiger partial charge in [0.1, 0.15) is 5.75 Å². The van der Waals surface area contributed by atoms with Crippen molar-refractivity contribution in [3.8, 4) is 5.75 Å². The minimum atomic E-state index is -0.840. The molecule has 9 heteroatoms. The van der Waals surface area contributed by atoms with E-state index in [9.17, 15) is 19.5 Å². The van der Waals surface area contributed by atoms with Crippen molar-refractivity contribution in [2.24, 2.45) is 11.7 Å². The Bertz CT molecular complexity index is 1000. The zero-order valence-corrected chi connectivity index (χ0v) is 23.5. The summed E-state index contributed by atoms with van der Waals surface area (Å²) in [5, 5.41) is 10.5. The second kappa shape index (κ2) is 14.1. The number of likely N-dealkylation sites (tertiary alicyclic amines) is 2. The summed E-state index contributed by atoms with van der Waals surface area (Å²) in [6, 6.07) is 5.71. The standard InChI is InChI=1S/C30H46N4O5/c1-2-3-14-32(16-7-5-13-31)28(36)21-34-20-24(22-9-10-26-23(19-22)12-18-39-26)29(30(37)38)25(34)11-17-33-15-6-4-8-27(33)35/h9-10,19,24-25,29H,2-8,11-18,20-21,31H2,1H3,(H,37,38). The van der Waals surface area contributed by atoms with Crippen LogP contribution in [0.15, 0.2) is 18.2 Å². The number of hydrogen-bond acceptors (Lipinski definition) is 6. The van der Waals surface area contributed by atoms with Crippen molar-refractivity contribution < 1.29 is 24.2 Å². The van der Waals surface area contributed by atoms with E-state index in [-0.39, 0.29) is 30.3 Å². The van der Waals surface area contributed by atoms with Crippen molar-refractivity contribution in [1.29, 1.82) is 0 Å². The summed E-state index contributed by atoms with van der Waals surface area (Å²) >= 11 is 0. The summed E-state index contributed by atoms with van der Waals surface area (Å²) in [7, 11) is 0. The van der Waals surface area contributed by atoms with Crippen LogP contribution in [-0.4, -0.2) is 96.1 Å². The molecule has 1 aromatic carbocycles. The molecule has 0 aliphatic carbocycles. The molecule has 4 rings (SSSR count). The van der Waals surface area contributed by atoms with Gasteiger partial charge in [0.05, 0.1) is 19.1 Å². The van der Waals surface area contributed by atoms with Crippen molar-refractivity contribution in [2.75, 3.05) is 52.4 Å². The second-order valence-electron chi connectivity index (χ2n) is 11.3. The van der Waals surface area contributed by atoms with E-state index in [2.05, 4.69) is 17.9 Å². The summed E-state index contributed by atoms with van der Waals surface area (Å²) < 4.78 is 5.68. The van der Waals surface area contributed by atoms with Gasteiger partial charge in [-0.2, -0.15) is 0 Å². The number of fused-ring (bicyclic) bond motifs is 1. The largest absolute Gasteiger partial charge is 0.493 e. The monoisotopic (exact) mass is 542 g/mol. The van der Waals surface area contributed by atoms with E-state index in [0.29, 0.717) is 52.2 Å². The lowest BCUT2D eigenvalue weighted by atomic mass is 9.83. The summed E-state index contributed by atoms with van der Waals surface area (Å²) in [5.74, 6) is -0.655. The summed E-state index contributed by atoms with van der Waals surface area (Å²) in [4.78, 5) is 44.8. The van der Waals surface area contributed by atoms with Gasteiger partial charge in [-0.1, -0.05) is 25.5 Å². The van der Waals surface area contributed by atoms with Gasteiger partial charge in [0.25, 0.3) is 0 Å². The number of nitrogens with two attached hydrogens (primary N) is 1. The normalized spacial score (nSPS) is 23.1. The average molecular weight is 543 g/mol.